The normalized spacial score (nSPS) is 22.9. The third kappa shape index (κ3) is 2.22. The van der Waals surface area contributed by atoms with E-state index in [2.05, 4.69) is 15.2 Å². The second kappa shape index (κ2) is 5.71. The van der Waals surface area contributed by atoms with Crippen LogP contribution in [0.4, 0.5) is 10.1 Å². The zero-order chi connectivity index (χ0) is 17.8. The standard InChI is InChI=1S/C20H21FN4O/c21-14-8-13(20(22)26)18-17(12-5-1-2-6-15(12)24-18)19(14)25-9-11-4-3-7-23-16(11)10-25/h1-2,5-6,8,11,16,23-24H,3-4,7,9-10H2,(H2,22,26)/t11-,16+/m1/s1. The first-order valence-electron chi connectivity index (χ1n) is 9.14. The minimum absolute atomic E-state index is 0.201. The van der Waals surface area contributed by atoms with E-state index in [0.29, 0.717) is 23.2 Å². The first-order chi connectivity index (χ1) is 12.6. The van der Waals surface area contributed by atoms with Gasteiger partial charge >= 0.3 is 0 Å². The molecule has 5 rings (SSSR count). The van der Waals surface area contributed by atoms with Crippen LogP contribution in [0.5, 0.6) is 0 Å². The average Bonchev–Trinajstić information content (AvgIpc) is 3.22. The van der Waals surface area contributed by atoms with Crippen LogP contribution >= 0.6 is 0 Å². The zero-order valence-electron chi connectivity index (χ0n) is 14.4. The molecule has 1 amide bonds. The van der Waals surface area contributed by atoms with Crippen LogP contribution in [0.3, 0.4) is 0 Å². The largest absolute Gasteiger partial charge is 0.367 e. The molecule has 0 bridgehead atoms. The van der Waals surface area contributed by atoms with Crippen LogP contribution in [0.25, 0.3) is 21.8 Å². The summed E-state index contributed by atoms with van der Waals surface area (Å²) in [5.41, 5.74) is 7.81. The Morgan fingerprint density at radius 1 is 1.27 bits per heavy atom. The van der Waals surface area contributed by atoms with Crippen LogP contribution < -0.4 is 16.0 Å². The van der Waals surface area contributed by atoms with Crippen molar-refractivity contribution < 1.29 is 9.18 Å². The topological polar surface area (TPSA) is 74.2 Å². The van der Waals surface area contributed by atoms with Crippen molar-refractivity contribution in [3.8, 4) is 0 Å². The molecule has 2 aliphatic heterocycles. The molecule has 5 nitrogen and oxygen atoms in total. The molecule has 2 aromatic carbocycles. The van der Waals surface area contributed by atoms with Crippen LogP contribution in [0.15, 0.2) is 30.3 Å². The minimum atomic E-state index is -0.622. The van der Waals surface area contributed by atoms with E-state index < -0.39 is 5.91 Å². The fraction of sp³-hybridized carbons (Fsp3) is 0.350. The summed E-state index contributed by atoms with van der Waals surface area (Å²) in [5, 5.41) is 5.24. The third-order valence-electron chi connectivity index (χ3n) is 5.89. The number of nitrogens with one attached hydrogen (secondary N) is 2. The van der Waals surface area contributed by atoms with Gasteiger partial charge in [0.05, 0.1) is 16.8 Å². The lowest BCUT2D eigenvalue weighted by Crippen LogP contribution is -2.40. The van der Waals surface area contributed by atoms with Crippen LogP contribution in [0, 0.1) is 11.7 Å². The van der Waals surface area contributed by atoms with Gasteiger partial charge < -0.3 is 20.9 Å². The van der Waals surface area contributed by atoms with E-state index in [0.717, 1.165) is 35.9 Å². The smallest absolute Gasteiger partial charge is 0.250 e. The Kier molecular flexibility index (Phi) is 3.43. The SMILES string of the molecule is NC(=O)c1cc(F)c(N2C[C@H]3CCCN[C@H]3C2)c2c1[nH]c1ccccc12. The van der Waals surface area contributed by atoms with Gasteiger partial charge in [-0.1, -0.05) is 18.2 Å². The first kappa shape index (κ1) is 15.6. The number of piperidine rings is 1. The number of carbonyl (C=O) groups is 1. The van der Waals surface area contributed by atoms with Gasteiger partial charge in [0, 0.05) is 35.4 Å². The van der Waals surface area contributed by atoms with Gasteiger partial charge in [-0.3, -0.25) is 4.79 Å². The molecule has 0 radical (unpaired) electrons. The Labute approximate surface area is 150 Å². The van der Waals surface area contributed by atoms with Gasteiger partial charge in [-0.05, 0) is 37.4 Å². The Balaban J connectivity index is 1.76. The molecule has 2 saturated heterocycles. The predicted molar refractivity (Wildman–Crippen MR) is 101 cm³/mol. The van der Waals surface area contributed by atoms with Gasteiger partial charge in [-0.2, -0.15) is 0 Å². The number of nitrogens with zero attached hydrogens (tertiary/aromatic N) is 1. The highest BCUT2D eigenvalue weighted by Crippen LogP contribution is 2.40. The van der Waals surface area contributed by atoms with Crippen molar-refractivity contribution in [1.82, 2.24) is 10.3 Å². The predicted octanol–water partition coefficient (Wildman–Crippen LogP) is 2.75. The molecule has 0 aliphatic carbocycles. The number of aromatic amines is 1. The Hall–Kier alpha value is -2.60. The number of nitrogens with two attached hydrogens (primary N) is 1. The second-order valence-corrected chi connectivity index (χ2v) is 7.41. The van der Waals surface area contributed by atoms with Crippen LogP contribution in [-0.2, 0) is 0 Å². The number of halogens is 1. The summed E-state index contributed by atoms with van der Waals surface area (Å²) >= 11 is 0. The number of H-pyrrole nitrogens is 1. The van der Waals surface area contributed by atoms with E-state index in [1.54, 1.807) is 0 Å². The number of anilines is 1. The molecule has 2 aliphatic rings. The summed E-state index contributed by atoms with van der Waals surface area (Å²) in [4.78, 5) is 17.3. The maximum Gasteiger partial charge on any atom is 0.250 e. The quantitative estimate of drug-likeness (QED) is 0.664. The molecule has 6 heteroatoms. The molecule has 0 unspecified atom stereocenters. The molecular weight excluding hydrogens is 331 g/mol. The highest BCUT2D eigenvalue weighted by atomic mass is 19.1. The summed E-state index contributed by atoms with van der Waals surface area (Å²) in [7, 11) is 0. The van der Waals surface area contributed by atoms with Gasteiger partial charge in [0.25, 0.3) is 5.91 Å². The molecular formula is C20H21FN4O. The van der Waals surface area contributed by atoms with Crippen molar-refractivity contribution in [1.29, 1.82) is 0 Å². The fourth-order valence-corrected chi connectivity index (χ4v) is 4.71. The average molecular weight is 352 g/mol. The summed E-state index contributed by atoms with van der Waals surface area (Å²) < 4.78 is 15.2. The van der Waals surface area contributed by atoms with Crippen LogP contribution in [0.2, 0.25) is 0 Å². The number of fused-ring (bicyclic) bond motifs is 4. The van der Waals surface area contributed by atoms with Crippen LogP contribution in [-0.4, -0.2) is 36.6 Å². The first-order valence-corrected chi connectivity index (χ1v) is 9.14. The van der Waals surface area contributed by atoms with Crippen molar-refractivity contribution in [2.45, 2.75) is 18.9 Å². The zero-order valence-corrected chi connectivity index (χ0v) is 14.4. The van der Waals surface area contributed by atoms with E-state index in [9.17, 15) is 4.79 Å². The van der Waals surface area contributed by atoms with Gasteiger partial charge in [0.2, 0.25) is 0 Å². The lowest BCUT2D eigenvalue weighted by molar-refractivity contribution is 0.100. The van der Waals surface area contributed by atoms with E-state index >= 15 is 4.39 Å². The molecule has 3 aromatic rings. The molecule has 3 heterocycles. The summed E-state index contributed by atoms with van der Waals surface area (Å²) in [6.07, 6.45) is 2.34. The van der Waals surface area contributed by atoms with E-state index in [1.807, 2.05) is 24.3 Å². The highest BCUT2D eigenvalue weighted by Gasteiger charge is 2.36. The van der Waals surface area contributed by atoms with E-state index in [4.69, 9.17) is 5.73 Å². The van der Waals surface area contributed by atoms with E-state index in [1.165, 1.54) is 18.9 Å². The monoisotopic (exact) mass is 352 g/mol. The number of amides is 1. The number of rotatable bonds is 2. The van der Waals surface area contributed by atoms with Gasteiger partial charge in [0.1, 0.15) is 5.82 Å². The fourth-order valence-electron chi connectivity index (χ4n) is 4.71. The Bertz CT molecular complexity index is 1010. The molecule has 4 N–H and O–H groups in total. The lowest BCUT2D eigenvalue weighted by Gasteiger charge is -2.24. The molecule has 1 aromatic heterocycles. The number of aromatic nitrogens is 1. The molecule has 26 heavy (non-hydrogen) atoms. The molecule has 2 atom stereocenters. The number of hydrogen-bond donors (Lipinski definition) is 3. The lowest BCUT2D eigenvalue weighted by atomic mass is 9.94. The molecule has 134 valence electrons. The minimum Gasteiger partial charge on any atom is -0.367 e. The number of hydrogen-bond acceptors (Lipinski definition) is 3. The molecule has 2 fully saturated rings. The second-order valence-electron chi connectivity index (χ2n) is 7.41. The van der Waals surface area contributed by atoms with Crippen molar-refractivity contribution >= 4 is 33.4 Å². The third-order valence-corrected chi connectivity index (χ3v) is 5.89. The van der Waals surface area contributed by atoms with Crippen molar-refractivity contribution in [2.75, 3.05) is 24.5 Å². The highest BCUT2D eigenvalue weighted by molar-refractivity contribution is 6.19. The van der Waals surface area contributed by atoms with Crippen molar-refractivity contribution in [2.24, 2.45) is 11.7 Å². The summed E-state index contributed by atoms with van der Waals surface area (Å²) in [6, 6.07) is 9.44. The van der Waals surface area contributed by atoms with Gasteiger partial charge in [-0.25, -0.2) is 4.39 Å². The number of carbonyl (C=O) groups excluding carboxylic acids is 1. The molecule has 0 saturated carbocycles. The van der Waals surface area contributed by atoms with Crippen molar-refractivity contribution in [3.63, 3.8) is 0 Å². The summed E-state index contributed by atoms with van der Waals surface area (Å²) in [6.45, 7) is 2.64. The van der Waals surface area contributed by atoms with Gasteiger partial charge in [-0.15, -0.1) is 0 Å². The van der Waals surface area contributed by atoms with Gasteiger partial charge in [0.15, 0.2) is 0 Å². The number of primary amides is 1. The summed E-state index contributed by atoms with van der Waals surface area (Å²) in [5.74, 6) is -0.460. The Morgan fingerprint density at radius 2 is 2.12 bits per heavy atom. The maximum absolute atomic E-state index is 15.2. The van der Waals surface area contributed by atoms with Crippen molar-refractivity contribution in [3.05, 3.63) is 41.7 Å². The van der Waals surface area contributed by atoms with E-state index in [-0.39, 0.29) is 11.4 Å². The molecule has 0 spiro atoms. The Morgan fingerprint density at radius 3 is 2.92 bits per heavy atom. The maximum atomic E-state index is 15.2. The van der Waals surface area contributed by atoms with Crippen LogP contribution in [0.1, 0.15) is 23.2 Å². The number of benzene rings is 2. The number of para-hydroxylation sites is 1.